The molecule has 2 heterocycles. The van der Waals surface area contributed by atoms with Gasteiger partial charge in [-0.3, -0.25) is 4.79 Å². The molecule has 0 aromatic carbocycles. The minimum absolute atomic E-state index is 0.0693. The Morgan fingerprint density at radius 3 is 3.33 bits per heavy atom. The molecule has 0 fully saturated rings. The lowest BCUT2D eigenvalue weighted by Crippen LogP contribution is -2.25. The lowest BCUT2D eigenvalue weighted by molar-refractivity contribution is 0.108. The van der Waals surface area contributed by atoms with Crippen LogP contribution in [0.2, 0.25) is 0 Å². The van der Waals surface area contributed by atoms with Crippen LogP contribution < -0.4 is 5.56 Å². The summed E-state index contributed by atoms with van der Waals surface area (Å²) in [6.45, 7) is 0.948. The highest BCUT2D eigenvalue weighted by Gasteiger charge is 2.15. The van der Waals surface area contributed by atoms with Crippen molar-refractivity contribution in [3.8, 4) is 0 Å². The molecule has 0 saturated heterocycles. The van der Waals surface area contributed by atoms with Crippen molar-refractivity contribution in [3.05, 3.63) is 37.9 Å². The Balaban J connectivity index is 2.40. The fourth-order valence-corrected chi connectivity index (χ4v) is 1.47. The summed E-state index contributed by atoms with van der Waals surface area (Å²) in [6, 6.07) is 0. The first-order chi connectivity index (χ1) is 7.31. The Labute approximate surface area is 84.7 Å². The van der Waals surface area contributed by atoms with Gasteiger partial charge in [0, 0.05) is 11.3 Å². The van der Waals surface area contributed by atoms with Crippen LogP contribution in [0.3, 0.4) is 0 Å². The summed E-state index contributed by atoms with van der Waals surface area (Å²) in [5.41, 5.74) is 9.27. The standard InChI is InChI=1S/C8H9N5O2/c9-13-10-3-7-11-6-1-2-15-4-5(6)8(14)12-7/h1-4H2,(H,11,12,14). The first-order valence-corrected chi connectivity index (χ1v) is 4.51. The third kappa shape index (κ3) is 1.98. The van der Waals surface area contributed by atoms with Crippen LogP contribution in [-0.2, 0) is 24.3 Å². The number of rotatable bonds is 2. The van der Waals surface area contributed by atoms with Crippen LogP contribution in [0.15, 0.2) is 9.91 Å². The average Bonchev–Trinajstić information content (AvgIpc) is 2.26. The van der Waals surface area contributed by atoms with Crippen LogP contribution in [0, 0.1) is 0 Å². The summed E-state index contributed by atoms with van der Waals surface area (Å²) in [5.74, 6) is 0.401. The van der Waals surface area contributed by atoms with Crippen LogP contribution >= 0.6 is 0 Å². The van der Waals surface area contributed by atoms with Gasteiger partial charge in [0.1, 0.15) is 5.82 Å². The molecule has 0 bridgehead atoms. The summed E-state index contributed by atoms with van der Waals surface area (Å²) < 4.78 is 5.16. The number of nitrogens with zero attached hydrogens (tertiary/aromatic N) is 4. The van der Waals surface area contributed by atoms with Crippen molar-refractivity contribution in [2.24, 2.45) is 5.11 Å². The van der Waals surface area contributed by atoms with Crippen LogP contribution in [0.1, 0.15) is 17.1 Å². The Kier molecular flexibility index (Phi) is 2.66. The zero-order chi connectivity index (χ0) is 10.7. The van der Waals surface area contributed by atoms with Crippen molar-refractivity contribution in [3.63, 3.8) is 0 Å². The molecule has 1 aliphatic heterocycles. The summed E-state index contributed by atoms with van der Waals surface area (Å²) in [4.78, 5) is 20.9. The number of fused-ring (bicyclic) bond motifs is 1. The van der Waals surface area contributed by atoms with E-state index in [0.717, 1.165) is 5.69 Å². The minimum Gasteiger partial charge on any atom is -0.376 e. The number of H-pyrrole nitrogens is 1. The van der Waals surface area contributed by atoms with Crippen molar-refractivity contribution in [1.82, 2.24) is 9.97 Å². The lowest BCUT2D eigenvalue weighted by atomic mass is 10.1. The van der Waals surface area contributed by atoms with Gasteiger partial charge < -0.3 is 9.72 Å². The number of ether oxygens (including phenoxy) is 1. The van der Waals surface area contributed by atoms with E-state index in [1.54, 1.807) is 0 Å². The third-order valence-electron chi connectivity index (χ3n) is 2.16. The van der Waals surface area contributed by atoms with Gasteiger partial charge >= 0.3 is 0 Å². The molecule has 15 heavy (non-hydrogen) atoms. The zero-order valence-electron chi connectivity index (χ0n) is 7.93. The fraction of sp³-hybridized carbons (Fsp3) is 0.500. The molecule has 0 aliphatic carbocycles. The number of hydrogen-bond donors (Lipinski definition) is 1. The van der Waals surface area contributed by atoms with Crippen LogP contribution in [0.4, 0.5) is 0 Å². The average molecular weight is 207 g/mol. The van der Waals surface area contributed by atoms with Gasteiger partial charge in [-0.2, -0.15) is 0 Å². The largest absolute Gasteiger partial charge is 0.376 e. The van der Waals surface area contributed by atoms with E-state index in [-0.39, 0.29) is 12.1 Å². The smallest absolute Gasteiger partial charge is 0.256 e. The van der Waals surface area contributed by atoms with E-state index < -0.39 is 0 Å². The number of aromatic amines is 1. The summed E-state index contributed by atoms with van der Waals surface area (Å²) in [7, 11) is 0. The van der Waals surface area contributed by atoms with E-state index in [1.807, 2.05) is 0 Å². The summed E-state index contributed by atoms with van der Waals surface area (Å²) in [6.07, 6.45) is 0.628. The molecule has 2 rings (SSSR count). The van der Waals surface area contributed by atoms with Gasteiger partial charge in [-0.25, -0.2) is 4.98 Å². The summed E-state index contributed by atoms with van der Waals surface area (Å²) in [5, 5.41) is 3.35. The van der Waals surface area contributed by atoms with Crippen LogP contribution in [-0.4, -0.2) is 16.6 Å². The molecule has 0 spiro atoms. The molecule has 0 saturated carbocycles. The molecule has 0 atom stereocenters. The Hall–Kier alpha value is -1.85. The highest BCUT2D eigenvalue weighted by atomic mass is 16.5. The second-order valence-corrected chi connectivity index (χ2v) is 3.13. The lowest BCUT2D eigenvalue weighted by Gasteiger charge is -2.14. The molecule has 7 nitrogen and oxygen atoms in total. The quantitative estimate of drug-likeness (QED) is 0.437. The molecule has 0 radical (unpaired) electrons. The third-order valence-corrected chi connectivity index (χ3v) is 2.16. The topological polar surface area (TPSA) is 104 Å². The minimum atomic E-state index is -0.206. The zero-order valence-corrected chi connectivity index (χ0v) is 7.93. The first kappa shape index (κ1) is 9.70. The molecule has 1 aromatic rings. The summed E-state index contributed by atoms with van der Waals surface area (Å²) >= 11 is 0. The maximum Gasteiger partial charge on any atom is 0.256 e. The Bertz CT molecular complexity index is 474. The van der Waals surface area contributed by atoms with Crippen LogP contribution in [0.25, 0.3) is 10.4 Å². The van der Waals surface area contributed by atoms with Crippen molar-refractivity contribution in [1.29, 1.82) is 0 Å². The van der Waals surface area contributed by atoms with E-state index in [9.17, 15) is 4.79 Å². The molecule has 0 amide bonds. The molecule has 7 heteroatoms. The maximum atomic E-state index is 11.5. The second-order valence-electron chi connectivity index (χ2n) is 3.13. The van der Waals surface area contributed by atoms with E-state index in [0.29, 0.717) is 31.0 Å². The molecular weight excluding hydrogens is 198 g/mol. The van der Waals surface area contributed by atoms with E-state index in [1.165, 1.54) is 0 Å². The highest BCUT2D eigenvalue weighted by Crippen LogP contribution is 2.10. The monoisotopic (exact) mass is 207 g/mol. The maximum absolute atomic E-state index is 11.5. The van der Waals surface area contributed by atoms with Gasteiger partial charge in [-0.15, -0.1) is 0 Å². The predicted molar refractivity (Wildman–Crippen MR) is 51.1 cm³/mol. The van der Waals surface area contributed by atoms with Crippen molar-refractivity contribution in [2.45, 2.75) is 19.6 Å². The van der Waals surface area contributed by atoms with Gasteiger partial charge in [-0.1, -0.05) is 5.11 Å². The number of azide groups is 1. The van der Waals surface area contributed by atoms with E-state index >= 15 is 0 Å². The molecule has 78 valence electrons. The number of nitrogens with one attached hydrogen (secondary N) is 1. The van der Waals surface area contributed by atoms with Gasteiger partial charge in [0.25, 0.3) is 5.56 Å². The van der Waals surface area contributed by atoms with Crippen molar-refractivity contribution >= 4 is 0 Å². The fourth-order valence-electron chi connectivity index (χ4n) is 1.47. The van der Waals surface area contributed by atoms with Crippen molar-refractivity contribution in [2.75, 3.05) is 6.61 Å². The molecule has 0 unspecified atom stereocenters. The Morgan fingerprint density at radius 1 is 1.67 bits per heavy atom. The molecule has 1 N–H and O–H groups in total. The van der Waals surface area contributed by atoms with Crippen LogP contribution in [0.5, 0.6) is 0 Å². The first-order valence-electron chi connectivity index (χ1n) is 4.51. The Morgan fingerprint density at radius 2 is 2.53 bits per heavy atom. The number of hydrogen-bond acceptors (Lipinski definition) is 4. The SMILES string of the molecule is [N-]=[N+]=NCc1nc2c(c(=O)[nH]1)COCC2. The molecule has 1 aromatic heterocycles. The van der Waals surface area contributed by atoms with Gasteiger partial charge in [0.05, 0.1) is 31.0 Å². The normalized spacial score (nSPS) is 14.1. The van der Waals surface area contributed by atoms with Gasteiger partial charge in [-0.05, 0) is 5.53 Å². The molecular formula is C8H9N5O2. The van der Waals surface area contributed by atoms with Crippen molar-refractivity contribution < 1.29 is 4.74 Å². The van der Waals surface area contributed by atoms with E-state index in [2.05, 4.69) is 20.0 Å². The highest BCUT2D eigenvalue weighted by molar-refractivity contribution is 5.19. The predicted octanol–water partition coefficient (Wildman–Crippen LogP) is 0.653. The number of aromatic nitrogens is 2. The van der Waals surface area contributed by atoms with Gasteiger partial charge in [0.2, 0.25) is 0 Å². The molecule has 1 aliphatic rings. The van der Waals surface area contributed by atoms with Gasteiger partial charge in [0.15, 0.2) is 0 Å². The second kappa shape index (κ2) is 4.12. The van der Waals surface area contributed by atoms with E-state index in [4.69, 9.17) is 10.3 Å².